The Morgan fingerprint density at radius 2 is 0.974 bits per heavy atom. The van der Waals surface area contributed by atoms with Gasteiger partial charge in [0.05, 0.1) is 22.3 Å². The summed E-state index contributed by atoms with van der Waals surface area (Å²) in [6, 6.07) is 28.3. The van der Waals surface area contributed by atoms with Crippen LogP contribution in [-0.4, -0.2) is 10.2 Å². The second kappa shape index (κ2) is 11.8. The van der Waals surface area contributed by atoms with Gasteiger partial charge in [-0.25, -0.2) is 0 Å². The van der Waals surface area contributed by atoms with Crippen molar-refractivity contribution >= 4 is 34.8 Å². The van der Waals surface area contributed by atoms with Crippen molar-refractivity contribution in [2.24, 2.45) is 0 Å². The first-order valence-corrected chi connectivity index (χ1v) is 14.2. The zero-order chi connectivity index (χ0) is 26.8. The van der Waals surface area contributed by atoms with E-state index in [1.807, 2.05) is 67.6 Å². The standard InChI is InChI=1S/C17H17ClO.C16H14Cl2O/c1-11-10-12(6-8-16(11)18)13-7-9-17(19)15-5-3-2-4-14(13)15;17-14-7-5-10(9-15(14)18)11-6-8-16(19)13-4-2-1-3-12(11)13/h2-6,8,10,13,17,19H,7,9H2,1H3;1-5,7,9,11,16,19H,6,8H2/t13-,17+;11-,16-/m00/s1. The molecule has 2 nitrogen and oxygen atoms in total. The summed E-state index contributed by atoms with van der Waals surface area (Å²) in [7, 11) is 0. The van der Waals surface area contributed by atoms with Crippen LogP contribution < -0.4 is 0 Å². The zero-order valence-corrected chi connectivity index (χ0v) is 23.5. The summed E-state index contributed by atoms with van der Waals surface area (Å²) in [5, 5.41) is 22.2. The van der Waals surface area contributed by atoms with Gasteiger partial charge in [-0.15, -0.1) is 0 Å². The summed E-state index contributed by atoms with van der Waals surface area (Å²) in [4.78, 5) is 0. The van der Waals surface area contributed by atoms with Crippen molar-refractivity contribution in [1.82, 2.24) is 0 Å². The van der Waals surface area contributed by atoms with Crippen LogP contribution >= 0.6 is 34.8 Å². The number of hydrogen-bond donors (Lipinski definition) is 2. The number of rotatable bonds is 2. The third-order valence-corrected chi connectivity index (χ3v) is 9.01. The number of aryl methyl sites for hydroxylation is 1. The molecule has 2 aliphatic rings. The number of aliphatic hydroxyl groups is 2. The lowest BCUT2D eigenvalue weighted by Gasteiger charge is -2.29. The lowest BCUT2D eigenvalue weighted by Crippen LogP contribution is -2.15. The molecule has 6 rings (SSSR count). The molecular formula is C33H31Cl3O2. The molecule has 0 spiro atoms. The predicted molar refractivity (Wildman–Crippen MR) is 158 cm³/mol. The lowest BCUT2D eigenvalue weighted by molar-refractivity contribution is 0.153. The molecule has 5 heteroatoms. The first-order valence-electron chi connectivity index (χ1n) is 13.1. The van der Waals surface area contributed by atoms with Crippen LogP contribution in [0.25, 0.3) is 0 Å². The van der Waals surface area contributed by atoms with E-state index in [0.29, 0.717) is 16.0 Å². The Labute approximate surface area is 239 Å². The molecule has 0 unspecified atom stereocenters. The highest BCUT2D eigenvalue weighted by molar-refractivity contribution is 6.42. The van der Waals surface area contributed by atoms with Gasteiger partial charge in [0.15, 0.2) is 0 Å². The molecule has 0 aromatic heterocycles. The minimum atomic E-state index is -0.352. The molecule has 0 amide bonds. The topological polar surface area (TPSA) is 40.5 Å². The third-order valence-electron chi connectivity index (χ3n) is 7.85. The smallest absolute Gasteiger partial charge is 0.0793 e. The molecule has 0 aliphatic heterocycles. The number of benzene rings is 4. The molecule has 0 fully saturated rings. The number of aliphatic hydroxyl groups excluding tert-OH is 2. The fourth-order valence-corrected chi connectivity index (χ4v) is 6.26. The van der Waals surface area contributed by atoms with Crippen LogP contribution in [0.5, 0.6) is 0 Å². The summed E-state index contributed by atoms with van der Waals surface area (Å²) in [6.07, 6.45) is 2.84. The summed E-state index contributed by atoms with van der Waals surface area (Å²) >= 11 is 18.2. The molecular weight excluding hydrogens is 535 g/mol. The Hall–Kier alpha value is -2.33. The fraction of sp³-hybridized carbons (Fsp3) is 0.273. The lowest BCUT2D eigenvalue weighted by atomic mass is 9.77. The van der Waals surface area contributed by atoms with Gasteiger partial charge < -0.3 is 10.2 Å². The molecule has 0 saturated heterocycles. The third kappa shape index (κ3) is 5.66. The van der Waals surface area contributed by atoms with Crippen molar-refractivity contribution in [3.05, 3.63) is 139 Å². The summed E-state index contributed by atoms with van der Waals surface area (Å²) in [5.74, 6) is 0.657. The molecule has 0 bridgehead atoms. The van der Waals surface area contributed by atoms with Crippen molar-refractivity contribution in [2.45, 2.75) is 56.7 Å². The first kappa shape index (κ1) is 27.2. The van der Waals surface area contributed by atoms with Crippen molar-refractivity contribution in [1.29, 1.82) is 0 Å². The number of halogens is 3. The average molecular weight is 566 g/mol. The van der Waals surface area contributed by atoms with E-state index in [0.717, 1.165) is 53.0 Å². The molecule has 0 saturated carbocycles. The van der Waals surface area contributed by atoms with E-state index in [-0.39, 0.29) is 18.1 Å². The minimum absolute atomic E-state index is 0.286. The Morgan fingerprint density at radius 1 is 0.526 bits per heavy atom. The monoisotopic (exact) mass is 564 g/mol. The predicted octanol–water partition coefficient (Wildman–Crippen LogP) is 9.56. The second-order valence-electron chi connectivity index (χ2n) is 10.2. The van der Waals surface area contributed by atoms with Gasteiger partial charge in [-0.3, -0.25) is 0 Å². The Kier molecular flexibility index (Phi) is 8.47. The molecule has 38 heavy (non-hydrogen) atoms. The quantitative estimate of drug-likeness (QED) is 0.254. The highest BCUT2D eigenvalue weighted by Crippen LogP contribution is 2.43. The minimum Gasteiger partial charge on any atom is -0.388 e. The van der Waals surface area contributed by atoms with Crippen LogP contribution in [0.3, 0.4) is 0 Å². The molecule has 4 atom stereocenters. The van der Waals surface area contributed by atoms with E-state index in [9.17, 15) is 10.2 Å². The fourth-order valence-electron chi connectivity index (χ4n) is 5.84. The van der Waals surface area contributed by atoms with Gasteiger partial charge in [-0.1, -0.05) is 102 Å². The molecule has 4 aromatic carbocycles. The van der Waals surface area contributed by atoms with Crippen LogP contribution in [0.1, 0.15) is 88.7 Å². The largest absolute Gasteiger partial charge is 0.388 e. The normalized spacial score (nSPS) is 22.1. The van der Waals surface area contributed by atoms with Crippen LogP contribution in [0.15, 0.2) is 84.9 Å². The highest BCUT2D eigenvalue weighted by Gasteiger charge is 2.28. The van der Waals surface area contributed by atoms with E-state index in [4.69, 9.17) is 34.8 Å². The van der Waals surface area contributed by atoms with Crippen LogP contribution in [0, 0.1) is 6.92 Å². The maximum atomic E-state index is 10.1. The zero-order valence-electron chi connectivity index (χ0n) is 21.2. The first-order chi connectivity index (χ1) is 18.3. The van der Waals surface area contributed by atoms with Gasteiger partial charge in [0.2, 0.25) is 0 Å². The van der Waals surface area contributed by atoms with Gasteiger partial charge in [-0.05, 0) is 89.8 Å². The Morgan fingerprint density at radius 3 is 1.45 bits per heavy atom. The van der Waals surface area contributed by atoms with Crippen LogP contribution in [0.2, 0.25) is 15.1 Å². The van der Waals surface area contributed by atoms with Gasteiger partial charge in [0, 0.05) is 16.9 Å². The molecule has 4 aromatic rings. The SMILES string of the molecule is Cc1cc([C@@H]2CC[C@@H](O)c3ccccc32)ccc1Cl.O[C@H]1CC[C@@H](c2ccc(Cl)c(Cl)c2)c2ccccc21. The maximum Gasteiger partial charge on any atom is 0.0793 e. The van der Waals surface area contributed by atoms with Gasteiger partial charge in [0.1, 0.15) is 0 Å². The molecule has 196 valence electrons. The molecule has 2 N–H and O–H groups in total. The van der Waals surface area contributed by atoms with Crippen molar-refractivity contribution in [3.63, 3.8) is 0 Å². The van der Waals surface area contributed by atoms with E-state index in [1.54, 1.807) is 0 Å². The summed E-state index contributed by atoms with van der Waals surface area (Å²) in [5.41, 5.74) is 8.12. The van der Waals surface area contributed by atoms with E-state index < -0.39 is 0 Å². The van der Waals surface area contributed by atoms with E-state index in [1.165, 1.54) is 16.7 Å². The second-order valence-corrected chi connectivity index (χ2v) is 11.5. The molecule has 0 radical (unpaired) electrons. The van der Waals surface area contributed by atoms with Crippen molar-refractivity contribution in [2.75, 3.05) is 0 Å². The van der Waals surface area contributed by atoms with Crippen LogP contribution in [-0.2, 0) is 0 Å². The average Bonchev–Trinajstić information content (AvgIpc) is 2.93. The summed E-state index contributed by atoms with van der Waals surface area (Å²) in [6.45, 7) is 2.04. The highest BCUT2D eigenvalue weighted by atomic mass is 35.5. The Balaban J connectivity index is 0.000000155. The number of hydrogen-bond acceptors (Lipinski definition) is 2. The van der Waals surface area contributed by atoms with Crippen LogP contribution in [0.4, 0.5) is 0 Å². The van der Waals surface area contributed by atoms with Crippen molar-refractivity contribution < 1.29 is 10.2 Å². The van der Waals surface area contributed by atoms with Gasteiger partial charge in [-0.2, -0.15) is 0 Å². The van der Waals surface area contributed by atoms with E-state index >= 15 is 0 Å². The maximum absolute atomic E-state index is 10.1. The van der Waals surface area contributed by atoms with Crippen molar-refractivity contribution in [3.8, 4) is 0 Å². The van der Waals surface area contributed by atoms with E-state index in [2.05, 4.69) is 24.3 Å². The Bertz CT molecular complexity index is 1320. The van der Waals surface area contributed by atoms with Gasteiger partial charge >= 0.3 is 0 Å². The van der Waals surface area contributed by atoms with Gasteiger partial charge in [0.25, 0.3) is 0 Å². The summed E-state index contributed by atoms with van der Waals surface area (Å²) < 4.78 is 0. The number of fused-ring (bicyclic) bond motifs is 2. The molecule has 2 aliphatic carbocycles. The molecule has 0 heterocycles.